The molecule has 0 aliphatic carbocycles. The normalized spacial score (nSPS) is 34.8. The molecule has 101 heavy (non-hydrogen) atoms. The molecule has 558 valence electrons. The Hall–Kier alpha value is -5.07. The molecular weight excluding hydrogens is 1520 g/mol. The lowest BCUT2D eigenvalue weighted by atomic mass is 10.1. The lowest BCUT2D eigenvalue weighted by molar-refractivity contribution is -0.0602. The van der Waals surface area contributed by atoms with E-state index in [4.69, 9.17) is 118 Å². The van der Waals surface area contributed by atoms with Crippen molar-refractivity contribution >= 4 is 151 Å². The lowest BCUT2D eigenvalue weighted by Gasteiger charge is -2.40. The smallest absolute Gasteiger partial charge is 0.386 e. The van der Waals surface area contributed by atoms with Crippen LogP contribution in [0.3, 0.4) is 0 Å². The number of alkyl halides is 2. The Balaban J connectivity index is 0.000000228. The van der Waals surface area contributed by atoms with Crippen molar-refractivity contribution in [1.82, 2.24) is 78.1 Å². The summed E-state index contributed by atoms with van der Waals surface area (Å²) in [6.07, 6.45) is -15.7. The molecule has 20 atom stereocenters. The van der Waals surface area contributed by atoms with E-state index in [1.54, 1.807) is 0 Å². The first-order chi connectivity index (χ1) is 45.6. The van der Waals surface area contributed by atoms with Crippen LogP contribution in [0.1, 0.15) is 75.4 Å². The van der Waals surface area contributed by atoms with Gasteiger partial charge >= 0.3 is 27.0 Å². The number of aromatic amines is 2. The molecule has 0 amide bonds. The number of nitrogens with zero attached hydrogens (tertiary/aromatic N) is 14. The van der Waals surface area contributed by atoms with Crippen molar-refractivity contribution in [2.45, 2.75) is 167 Å². The average molecular weight is 1600 g/mol. The van der Waals surface area contributed by atoms with E-state index in [9.17, 15) is 33.9 Å². The molecule has 6 aliphatic rings. The van der Waals surface area contributed by atoms with Crippen LogP contribution in [-0.4, -0.2) is 206 Å². The highest BCUT2D eigenvalue weighted by molar-refractivity contribution is 8.44. The first kappa shape index (κ1) is 80.0. The van der Waals surface area contributed by atoms with Gasteiger partial charge in [0.25, 0.3) is 11.1 Å². The Bertz CT molecular complexity index is 4700. The summed E-state index contributed by atoms with van der Waals surface area (Å²) in [5, 5.41) is 10.8. The van der Waals surface area contributed by atoms with E-state index in [1.807, 2.05) is 33.9 Å². The van der Waals surface area contributed by atoms with Crippen LogP contribution in [-0.2, 0) is 99.5 Å². The van der Waals surface area contributed by atoms with Gasteiger partial charge in [-0.2, -0.15) is 9.97 Å². The highest BCUT2D eigenvalue weighted by Gasteiger charge is 2.58. The van der Waals surface area contributed by atoms with Gasteiger partial charge in [0.2, 0.25) is 11.9 Å². The molecule has 51 heteroatoms. The third-order valence-electron chi connectivity index (χ3n) is 16.8. The van der Waals surface area contributed by atoms with Crippen LogP contribution in [0.4, 0.5) is 32.3 Å². The van der Waals surface area contributed by atoms with Crippen molar-refractivity contribution < 1.29 is 92.7 Å². The number of ether oxygens (including phenoxy) is 4. The number of hydrogen-bond acceptors (Lipinski definition) is 34. The minimum absolute atomic E-state index is 0. The Morgan fingerprint density at radius 3 is 1.38 bits per heavy atom. The molecule has 6 fully saturated rings. The van der Waals surface area contributed by atoms with Gasteiger partial charge in [0, 0.05) is 0 Å². The fourth-order valence-corrected chi connectivity index (χ4v) is 18.2. The number of nitrogens with two attached hydrogens (primary N) is 4. The Morgan fingerprint density at radius 2 is 0.921 bits per heavy atom. The standard InChI is InChI=1S/C26H37FN10O10P2S2Si.C20H23FN10O10P2S2.4CH4/c1-26(2,3)52(4,5)47-17-12-7-42-48(39,50)45-16-11(43-23(13(16)27)36-9-32-14-19(28)30-8-31-20(14)36)6-41-49(40,51)46-18(17)24(44-12)37-10-33-15-21(37)34-25(29)35-22(15)38;21-8-12-7(39-18(8)30-4-26-9-14(22)24-3-25-15(9)30)2-37-43(35,45)41-13-11(32)6(1-36-42(34,44)40-12)38-19(13)31-5-27-10-16(31)28-20(23)29-17(10)33;;;;/h8-13,16-18,23-24H,6-7H2,1-5H3,(H,39,50)(H,40,51)(H2,28,30,31)(H3,29,34,35,38);3-8,11-13,18-19,32H,1-2H2,(H,34,44)(H,35,45)(H2,22,24,25)(H3,23,28,29,33);4*1H4/t11-,12-,13?,16+,17+,18?,23-,24-,48?,49?;6-,7-,8?,11+,12+,13?,18-,19-,42?,43?;;;;/m11..../s1. The van der Waals surface area contributed by atoms with Crippen molar-refractivity contribution in [2.75, 3.05) is 49.4 Å². The molecule has 0 aromatic carbocycles. The zero-order chi connectivity index (χ0) is 69.4. The minimum Gasteiger partial charge on any atom is -0.408 e. The Morgan fingerprint density at radius 1 is 0.554 bits per heavy atom. The summed E-state index contributed by atoms with van der Waals surface area (Å²) in [6, 6.07) is 0. The van der Waals surface area contributed by atoms with Gasteiger partial charge in [0.15, 0.2) is 90.8 Å². The second-order valence-corrected chi connectivity index (χ2v) is 40.0. The molecule has 6 saturated heterocycles. The number of aliphatic hydroxyl groups is 1. The zero-order valence-electron chi connectivity index (χ0n) is 50.6. The molecule has 14 N–H and O–H groups in total. The number of hydrogen-bond donors (Lipinski definition) is 11. The number of nitrogens with one attached hydrogen (secondary N) is 2. The van der Waals surface area contributed by atoms with Crippen LogP contribution < -0.4 is 34.1 Å². The lowest BCUT2D eigenvalue weighted by Crippen LogP contribution is -2.50. The molecule has 14 heterocycles. The van der Waals surface area contributed by atoms with Crippen LogP contribution in [0.5, 0.6) is 0 Å². The molecule has 8 aromatic heterocycles. The Labute approximate surface area is 593 Å². The highest BCUT2D eigenvalue weighted by Crippen LogP contribution is 2.60. The summed E-state index contributed by atoms with van der Waals surface area (Å²) in [7, 11) is -2.68. The number of H-pyrrole nitrogens is 2. The van der Waals surface area contributed by atoms with E-state index >= 15 is 8.78 Å². The van der Waals surface area contributed by atoms with Gasteiger partial charge in [-0.3, -0.25) is 60.4 Å². The number of thiol groups is 1. The molecular formula is C50H76F2N20O20P4S4Si. The number of halogens is 2. The van der Waals surface area contributed by atoms with E-state index in [0.29, 0.717) is 0 Å². The minimum atomic E-state index is -4.42. The second kappa shape index (κ2) is 29.7. The van der Waals surface area contributed by atoms with Crippen LogP contribution in [0, 0.1) is 0 Å². The van der Waals surface area contributed by atoms with E-state index in [0.717, 1.165) is 0 Å². The van der Waals surface area contributed by atoms with Gasteiger partial charge in [-0.05, 0) is 53.6 Å². The largest absolute Gasteiger partial charge is 0.408 e. The summed E-state index contributed by atoms with van der Waals surface area (Å²) < 4.78 is 128. The summed E-state index contributed by atoms with van der Waals surface area (Å²) in [4.78, 5) is 104. The summed E-state index contributed by atoms with van der Waals surface area (Å²) in [5.74, 6) is -0.300. The summed E-state index contributed by atoms with van der Waals surface area (Å²) in [6.45, 7) is -9.49. The number of imidazole rings is 4. The number of rotatable bonds is 6. The van der Waals surface area contributed by atoms with Gasteiger partial charge in [0.1, 0.15) is 84.7 Å². The SMILES string of the molecule is C.C.C.C.CC(C)(C)[Si](C)(C)O[C@@H]1C2OP(O)(=S)OC[C@H]3O[C@@H](n4cnc5c(N)ncnc54)C(F)[C@H]3OP(=O)(S)OC[C@H]1O[C@H]2n1cnc2c(=O)[nH]c(N)nc21.Nc1nc2c(ncn2[C@@H]2O[C@@H]3COP(O)(=S)O[C@@H]4C(F)[C@H](n5cnc6c(N)ncnc65)O[C@@H]4COP(O)(=S)OC2[C@H]3O)c(=O)[nH]1. The third-order valence-corrected chi connectivity index (χ3v) is 27.5. The molecule has 6 aliphatic heterocycles. The van der Waals surface area contributed by atoms with Gasteiger partial charge in [-0.1, -0.05) is 62.7 Å². The Kier molecular flexibility index (Phi) is 23.5. The first-order valence-electron chi connectivity index (χ1n) is 28.8. The van der Waals surface area contributed by atoms with E-state index < -0.39 is 171 Å². The van der Waals surface area contributed by atoms with Gasteiger partial charge in [-0.15, -0.1) is 0 Å². The molecule has 40 nitrogen and oxygen atoms in total. The molecule has 0 spiro atoms. The monoisotopic (exact) mass is 1590 g/mol. The quantitative estimate of drug-likeness (QED) is 0.0633. The third kappa shape index (κ3) is 15.6. The molecule has 8 aromatic rings. The first-order valence-corrected chi connectivity index (χ1v) is 42.1. The summed E-state index contributed by atoms with van der Waals surface area (Å²) in [5.41, 5.74) is 22.6. The number of fused-ring (bicyclic) bond motifs is 10. The van der Waals surface area contributed by atoms with Crippen LogP contribution in [0.2, 0.25) is 18.1 Å². The van der Waals surface area contributed by atoms with Crippen LogP contribution in [0.25, 0.3) is 44.7 Å². The summed E-state index contributed by atoms with van der Waals surface area (Å²) >= 11 is 20.1. The molecule has 0 radical (unpaired) electrons. The number of aliphatic hydroxyl groups excluding tert-OH is 1. The van der Waals surface area contributed by atoms with Crippen molar-refractivity contribution in [3.8, 4) is 0 Å². The van der Waals surface area contributed by atoms with E-state index in [2.05, 4.69) is 72.1 Å². The van der Waals surface area contributed by atoms with Gasteiger partial charge in [0.05, 0.1) is 51.7 Å². The average Bonchev–Trinajstić information content (AvgIpc) is 1.62. The van der Waals surface area contributed by atoms with Crippen LogP contribution in [0.15, 0.2) is 47.6 Å². The van der Waals surface area contributed by atoms with Crippen LogP contribution >= 0.6 is 39.2 Å². The number of nitrogen functional groups attached to an aromatic ring is 4. The van der Waals surface area contributed by atoms with E-state index in [-0.39, 0.29) is 103 Å². The van der Waals surface area contributed by atoms with Crippen molar-refractivity contribution in [3.63, 3.8) is 0 Å². The molecule has 14 rings (SSSR count). The number of aromatic nitrogens is 16. The molecule has 4 bridgehead atoms. The predicted octanol–water partition coefficient (Wildman–Crippen LogP) is 4.13. The maximum atomic E-state index is 16.3. The maximum absolute atomic E-state index is 16.3. The van der Waals surface area contributed by atoms with Crippen molar-refractivity contribution in [1.29, 1.82) is 0 Å². The van der Waals surface area contributed by atoms with E-state index in [1.165, 1.54) is 56.2 Å². The second-order valence-electron chi connectivity index (χ2n) is 24.0. The topological polar surface area (TPSA) is 536 Å². The van der Waals surface area contributed by atoms with Gasteiger partial charge < -0.3 is 79.7 Å². The fourth-order valence-electron chi connectivity index (χ4n) is 11.2. The molecule has 8 unspecified atom stereocenters. The van der Waals surface area contributed by atoms with Crippen molar-refractivity contribution in [3.05, 3.63) is 58.7 Å². The fraction of sp³-hybridized carbons (Fsp3) is 0.600. The predicted molar refractivity (Wildman–Crippen MR) is 374 cm³/mol. The number of anilines is 4. The van der Waals surface area contributed by atoms with Crippen molar-refractivity contribution in [2.24, 2.45) is 0 Å². The maximum Gasteiger partial charge on any atom is 0.386 e. The van der Waals surface area contributed by atoms with Gasteiger partial charge in [-0.25, -0.2) is 53.2 Å². The highest BCUT2D eigenvalue weighted by atomic mass is 32.7. The zero-order valence-corrected chi connectivity index (χ0v) is 58.6. The molecule has 0 saturated carbocycles.